The largest absolute Gasteiger partial charge is 0.308 e. The molecule has 10 rings (SSSR count). The van der Waals surface area contributed by atoms with E-state index in [1.54, 1.807) is 0 Å². The van der Waals surface area contributed by atoms with Gasteiger partial charge < -0.3 is 9.80 Å². The lowest BCUT2D eigenvalue weighted by Gasteiger charge is -2.34. The van der Waals surface area contributed by atoms with Gasteiger partial charge in [0, 0.05) is 22.7 Å². The standard InChI is InChI=1S/C54H38N2/c1-5-15-39(16-6-1)45-27-25-41-29-31-51(35-47(41)33-45)55(49-21-9-3-10-22-49)53-37-43-19-13-14-20-44(43)38-54(53)56(50-23-11-4-12-24-50)52-32-30-42-26-28-46(34-48(42)36-52)40-17-7-2-8-18-40/h1-38H. The third kappa shape index (κ3) is 6.34. The summed E-state index contributed by atoms with van der Waals surface area (Å²) in [5.41, 5.74) is 11.3. The molecule has 0 unspecified atom stereocenters. The van der Waals surface area contributed by atoms with Gasteiger partial charge in [0.2, 0.25) is 0 Å². The third-order valence-corrected chi connectivity index (χ3v) is 10.7. The molecule has 0 fully saturated rings. The molecule has 0 saturated heterocycles. The van der Waals surface area contributed by atoms with Crippen LogP contribution in [0.4, 0.5) is 34.1 Å². The molecule has 10 aromatic carbocycles. The van der Waals surface area contributed by atoms with Crippen LogP contribution in [0.1, 0.15) is 0 Å². The molecular formula is C54H38N2. The number of fused-ring (bicyclic) bond motifs is 3. The highest BCUT2D eigenvalue weighted by atomic mass is 15.2. The SMILES string of the molecule is c1ccc(-c2ccc3ccc(N(c4ccccc4)c4cc5ccccc5cc4N(c4ccccc4)c4ccc5ccc(-c6ccccc6)cc5c4)cc3c2)cc1. The Balaban J connectivity index is 1.21. The minimum Gasteiger partial charge on any atom is -0.308 e. The van der Waals surface area contributed by atoms with Crippen molar-refractivity contribution in [2.75, 3.05) is 9.80 Å². The number of hydrogen-bond donors (Lipinski definition) is 0. The molecule has 10 aromatic rings. The van der Waals surface area contributed by atoms with Gasteiger partial charge in [0.05, 0.1) is 11.4 Å². The van der Waals surface area contributed by atoms with Gasteiger partial charge in [-0.05, 0) is 127 Å². The Kier molecular flexibility index (Phi) is 8.55. The number of hydrogen-bond acceptors (Lipinski definition) is 2. The maximum absolute atomic E-state index is 2.42. The molecule has 2 heteroatoms. The Morgan fingerprint density at radius 1 is 0.196 bits per heavy atom. The zero-order valence-electron chi connectivity index (χ0n) is 30.8. The molecule has 0 atom stereocenters. The van der Waals surface area contributed by atoms with E-state index in [1.807, 2.05) is 0 Å². The van der Waals surface area contributed by atoms with Crippen molar-refractivity contribution in [2.45, 2.75) is 0 Å². The summed E-state index contributed by atoms with van der Waals surface area (Å²) in [6.07, 6.45) is 0. The Hall–Kier alpha value is -7.42. The van der Waals surface area contributed by atoms with Crippen molar-refractivity contribution in [3.8, 4) is 22.3 Å². The molecule has 0 aliphatic rings. The van der Waals surface area contributed by atoms with Crippen molar-refractivity contribution >= 4 is 66.4 Å². The topological polar surface area (TPSA) is 6.48 Å². The summed E-state index contributed by atoms with van der Waals surface area (Å²) in [6.45, 7) is 0. The van der Waals surface area contributed by atoms with Crippen LogP contribution < -0.4 is 9.80 Å². The first-order valence-corrected chi connectivity index (χ1v) is 19.2. The Bertz CT molecular complexity index is 2750. The Labute approximate surface area is 327 Å². The fourth-order valence-corrected chi connectivity index (χ4v) is 7.95. The van der Waals surface area contributed by atoms with E-state index in [4.69, 9.17) is 0 Å². The van der Waals surface area contributed by atoms with Gasteiger partial charge in [-0.1, -0.05) is 158 Å². The van der Waals surface area contributed by atoms with Crippen LogP contribution >= 0.6 is 0 Å². The van der Waals surface area contributed by atoms with E-state index in [9.17, 15) is 0 Å². The van der Waals surface area contributed by atoms with E-state index < -0.39 is 0 Å². The fourth-order valence-electron chi connectivity index (χ4n) is 7.95. The number of anilines is 6. The second-order valence-electron chi connectivity index (χ2n) is 14.3. The van der Waals surface area contributed by atoms with Gasteiger partial charge in [-0.25, -0.2) is 0 Å². The highest BCUT2D eigenvalue weighted by Gasteiger charge is 2.24. The maximum Gasteiger partial charge on any atom is 0.0708 e. The van der Waals surface area contributed by atoms with Crippen LogP contribution in [0.3, 0.4) is 0 Å². The first-order chi connectivity index (χ1) is 27.7. The number of rotatable bonds is 8. The highest BCUT2D eigenvalue weighted by molar-refractivity contribution is 6.02. The summed E-state index contributed by atoms with van der Waals surface area (Å²) in [6, 6.07) is 83.4. The molecule has 0 aliphatic carbocycles. The molecule has 0 radical (unpaired) electrons. The van der Waals surface area contributed by atoms with E-state index in [0.29, 0.717) is 0 Å². The predicted molar refractivity (Wildman–Crippen MR) is 239 cm³/mol. The molecular weight excluding hydrogens is 677 g/mol. The maximum atomic E-state index is 2.42. The van der Waals surface area contributed by atoms with Crippen molar-refractivity contribution in [2.24, 2.45) is 0 Å². The van der Waals surface area contributed by atoms with Crippen molar-refractivity contribution < 1.29 is 0 Å². The zero-order valence-corrected chi connectivity index (χ0v) is 30.8. The van der Waals surface area contributed by atoms with Crippen molar-refractivity contribution in [1.29, 1.82) is 0 Å². The molecule has 0 spiro atoms. The van der Waals surface area contributed by atoms with Crippen LogP contribution in [0.2, 0.25) is 0 Å². The van der Waals surface area contributed by atoms with E-state index in [0.717, 1.165) is 34.1 Å². The van der Waals surface area contributed by atoms with Gasteiger partial charge in [0.1, 0.15) is 0 Å². The van der Waals surface area contributed by atoms with Crippen LogP contribution in [0.5, 0.6) is 0 Å². The minimum absolute atomic E-state index is 1.08. The molecule has 56 heavy (non-hydrogen) atoms. The highest BCUT2D eigenvalue weighted by Crippen LogP contribution is 2.48. The lowest BCUT2D eigenvalue weighted by Crippen LogP contribution is -2.17. The molecule has 0 heterocycles. The smallest absolute Gasteiger partial charge is 0.0708 e. The average molecular weight is 715 g/mol. The lowest BCUT2D eigenvalue weighted by atomic mass is 9.99. The van der Waals surface area contributed by atoms with Crippen LogP contribution in [0.15, 0.2) is 231 Å². The molecule has 0 aromatic heterocycles. The van der Waals surface area contributed by atoms with Crippen molar-refractivity contribution in [3.63, 3.8) is 0 Å². The molecule has 0 amide bonds. The van der Waals surface area contributed by atoms with E-state index in [-0.39, 0.29) is 0 Å². The van der Waals surface area contributed by atoms with Crippen LogP contribution in [-0.2, 0) is 0 Å². The minimum atomic E-state index is 1.08. The molecule has 2 nitrogen and oxygen atoms in total. The summed E-state index contributed by atoms with van der Waals surface area (Å²) in [5.74, 6) is 0. The van der Waals surface area contributed by atoms with Gasteiger partial charge in [0.15, 0.2) is 0 Å². The third-order valence-electron chi connectivity index (χ3n) is 10.7. The normalized spacial score (nSPS) is 11.2. The summed E-state index contributed by atoms with van der Waals surface area (Å²) in [4.78, 5) is 4.84. The van der Waals surface area contributed by atoms with Gasteiger partial charge in [-0.15, -0.1) is 0 Å². The Morgan fingerprint density at radius 3 is 0.964 bits per heavy atom. The lowest BCUT2D eigenvalue weighted by molar-refractivity contribution is 1.24. The average Bonchev–Trinajstić information content (AvgIpc) is 3.27. The number of nitrogens with zero attached hydrogens (tertiary/aromatic N) is 2. The number of para-hydroxylation sites is 2. The van der Waals surface area contributed by atoms with Crippen molar-refractivity contribution in [1.82, 2.24) is 0 Å². The molecule has 0 bridgehead atoms. The molecule has 0 aliphatic heterocycles. The summed E-state index contributed by atoms with van der Waals surface area (Å²) in [5, 5.41) is 7.15. The van der Waals surface area contributed by atoms with E-state index in [1.165, 1.54) is 54.6 Å². The fraction of sp³-hybridized carbons (Fsp3) is 0. The van der Waals surface area contributed by atoms with Crippen LogP contribution in [0.25, 0.3) is 54.6 Å². The van der Waals surface area contributed by atoms with Gasteiger partial charge in [-0.2, -0.15) is 0 Å². The first-order valence-electron chi connectivity index (χ1n) is 19.2. The van der Waals surface area contributed by atoms with E-state index >= 15 is 0 Å². The van der Waals surface area contributed by atoms with Gasteiger partial charge >= 0.3 is 0 Å². The van der Waals surface area contributed by atoms with Crippen LogP contribution in [-0.4, -0.2) is 0 Å². The monoisotopic (exact) mass is 714 g/mol. The van der Waals surface area contributed by atoms with E-state index in [2.05, 4.69) is 240 Å². The second kappa shape index (κ2) is 14.4. The predicted octanol–water partition coefficient (Wildman–Crippen LogP) is 15.4. The van der Waals surface area contributed by atoms with Crippen LogP contribution in [0, 0.1) is 0 Å². The molecule has 264 valence electrons. The molecule has 0 N–H and O–H groups in total. The van der Waals surface area contributed by atoms with Crippen molar-refractivity contribution in [3.05, 3.63) is 231 Å². The summed E-state index contributed by atoms with van der Waals surface area (Å²) < 4.78 is 0. The molecule has 0 saturated carbocycles. The van der Waals surface area contributed by atoms with Gasteiger partial charge in [-0.3, -0.25) is 0 Å². The summed E-state index contributed by atoms with van der Waals surface area (Å²) in [7, 11) is 0. The quantitative estimate of drug-likeness (QED) is 0.155. The first kappa shape index (κ1) is 33.2. The second-order valence-corrected chi connectivity index (χ2v) is 14.3. The van der Waals surface area contributed by atoms with Gasteiger partial charge in [0.25, 0.3) is 0 Å². The zero-order chi connectivity index (χ0) is 37.3. The number of benzene rings is 10. The Morgan fingerprint density at radius 2 is 0.554 bits per heavy atom. The summed E-state index contributed by atoms with van der Waals surface area (Å²) >= 11 is 0.